The quantitative estimate of drug-likeness (QED) is 0.689. The Morgan fingerprint density at radius 1 is 1.54 bits per heavy atom. The molecule has 0 aliphatic carbocycles. The van der Waals surface area contributed by atoms with E-state index in [1.807, 2.05) is 18.2 Å². The number of rotatable bonds is 1. The minimum Gasteiger partial charge on any atom is -0.355 e. The summed E-state index contributed by atoms with van der Waals surface area (Å²) in [6.07, 6.45) is 2.31. The molecule has 1 aliphatic rings. The molecule has 2 heterocycles. The van der Waals surface area contributed by atoms with Crippen LogP contribution in [-0.4, -0.2) is 17.4 Å². The Morgan fingerprint density at radius 3 is 2.92 bits per heavy atom. The first-order valence-electron chi connectivity index (χ1n) is 4.39. The number of nitrogens with zero attached hydrogens (tertiary/aromatic N) is 1. The number of pyridine rings is 1. The van der Waals surface area contributed by atoms with Gasteiger partial charge in [-0.2, -0.15) is 0 Å². The predicted molar refractivity (Wildman–Crippen MR) is 49.2 cm³/mol. The van der Waals surface area contributed by atoms with Gasteiger partial charge in [-0.1, -0.05) is 13.0 Å². The highest BCUT2D eigenvalue weighted by atomic mass is 16.1. The van der Waals surface area contributed by atoms with E-state index in [2.05, 4.69) is 17.2 Å². The molecule has 0 bridgehead atoms. The van der Waals surface area contributed by atoms with Gasteiger partial charge in [-0.25, -0.2) is 0 Å². The van der Waals surface area contributed by atoms with E-state index in [0.717, 1.165) is 5.69 Å². The predicted octanol–water partition coefficient (Wildman–Crippen LogP) is 0.859. The van der Waals surface area contributed by atoms with Crippen molar-refractivity contribution in [1.29, 1.82) is 0 Å². The van der Waals surface area contributed by atoms with Crippen molar-refractivity contribution in [2.45, 2.75) is 18.8 Å². The molecule has 1 fully saturated rings. The van der Waals surface area contributed by atoms with Gasteiger partial charge >= 0.3 is 0 Å². The van der Waals surface area contributed by atoms with Crippen LogP contribution in [0.1, 0.15) is 19.0 Å². The fraction of sp³-hybridized carbons (Fsp3) is 0.400. The average Bonchev–Trinajstić information content (AvgIpc) is 2.49. The number of carbonyl (C=O) groups excluding carboxylic acids is 1. The molecule has 3 nitrogen and oxygen atoms in total. The van der Waals surface area contributed by atoms with Crippen LogP contribution in [0.25, 0.3) is 0 Å². The molecule has 2 rings (SSSR count). The highest BCUT2D eigenvalue weighted by molar-refractivity contribution is 5.80. The maximum atomic E-state index is 11.1. The third kappa shape index (κ3) is 1.41. The third-order valence-electron chi connectivity index (χ3n) is 2.51. The van der Waals surface area contributed by atoms with E-state index < -0.39 is 0 Å². The monoisotopic (exact) mass is 176 g/mol. The first-order valence-corrected chi connectivity index (χ1v) is 4.39. The molecular formula is C10H12N2O. The molecule has 0 radical (unpaired) electrons. The van der Waals surface area contributed by atoms with Crippen molar-refractivity contribution in [3.8, 4) is 0 Å². The van der Waals surface area contributed by atoms with Crippen LogP contribution in [0.4, 0.5) is 0 Å². The van der Waals surface area contributed by atoms with Gasteiger partial charge in [0, 0.05) is 30.3 Å². The molecule has 1 unspecified atom stereocenters. The second kappa shape index (κ2) is 2.83. The Bertz CT molecular complexity index is 323. The maximum absolute atomic E-state index is 11.1. The van der Waals surface area contributed by atoms with Gasteiger partial charge in [-0.05, 0) is 12.1 Å². The van der Waals surface area contributed by atoms with Gasteiger partial charge in [0.25, 0.3) is 0 Å². The Balaban J connectivity index is 2.31. The first-order chi connectivity index (χ1) is 6.21. The van der Waals surface area contributed by atoms with E-state index in [1.54, 1.807) is 6.20 Å². The van der Waals surface area contributed by atoms with E-state index in [1.165, 1.54) is 0 Å². The topological polar surface area (TPSA) is 42.0 Å². The summed E-state index contributed by atoms with van der Waals surface area (Å²) in [7, 11) is 0. The van der Waals surface area contributed by atoms with Crippen molar-refractivity contribution in [2.24, 2.45) is 0 Å². The van der Waals surface area contributed by atoms with Gasteiger partial charge in [0.2, 0.25) is 5.91 Å². The summed E-state index contributed by atoms with van der Waals surface area (Å²) in [6.45, 7) is 2.76. The molecule has 0 spiro atoms. The van der Waals surface area contributed by atoms with E-state index in [9.17, 15) is 4.79 Å². The lowest BCUT2D eigenvalue weighted by molar-refractivity contribution is -0.119. The van der Waals surface area contributed by atoms with Crippen LogP contribution in [0.3, 0.4) is 0 Å². The van der Waals surface area contributed by atoms with E-state index in [-0.39, 0.29) is 11.3 Å². The van der Waals surface area contributed by atoms with Crippen LogP contribution in [-0.2, 0) is 10.2 Å². The molecule has 1 N–H and O–H groups in total. The van der Waals surface area contributed by atoms with E-state index in [4.69, 9.17) is 0 Å². The largest absolute Gasteiger partial charge is 0.355 e. The zero-order valence-electron chi connectivity index (χ0n) is 7.58. The molecular weight excluding hydrogens is 164 g/mol. The highest BCUT2D eigenvalue weighted by Gasteiger charge is 2.36. The molecule has 1 amide bonds. The fourth-order valence-corrected chi connectivity index (χ4v) is 1.67. The number of amides is 1. The van der Waals surface area contributed by atoms with Gasteiger partial charge in [-0.15, -0.1) is 0 Å². The Morgan fingerprint density at radius 2 is 2.38 bits per heavy atom. The maximum Gasteiger partial charge on any atom is 0.221 e. The molecule has 68 valence electrons. The van der Waals surface area contributed by atoms with Crippen molar-refractivity contribution in [3.63, 3.8) is 0 Å². The molecule has 1 aliphatic heterocycles. The number of hydrogen-bond donors (Lipinski definition) is 1. The minimum atomic E-state index is -0.113. The molecule has 1 saturated heterocycles. The van der Waals surface area contributed by atoms with Crippen LogP contribution < -0.4 is 5.32 Å². The van der Waals surface area contributed by atoms with Crippen LogP contribution >= 0.6 is 0 Å². The van der Waals surface area contributed by atoms with Gasteiger partial charge in [0.15, 0.2) is 0 Å². The summed E-state index contributed by atoms with van der Waals surface area (Å²) in [5.41, 5.74) is 0.881. The molecule has 1 atom stereocenters. The fourth-order valence-electron chi connectivity index (χ4n) is 1.67. The van der Waals surface area contributed by atoms with Crippen LogP contribution in [0.15, 0.2) is 24.4 Å². The van der Waals surface area contributed by atoms with Gasteiger partial charge in [-0.3, -0.25) is 9.78 Å². The molecule has 13 heavy (non-hydrogen) atoms. The number of hydrogen-bond acceptors (Lipinski definition) is 2. The van der Waals surface area contributed by atoms with Crippen molar-refractivity contribution in [2.75, 3.05) is 6.54 Å². The SMILES string of the molecule is CC1(c2ccccn2)CNC(=O)C1. The van der Waals surface area contributed by atoms with Crippen molar-refractivity contribution in [1.82, 2.24) is 10.3 Å². The van der Waals surface area contributed by atoms with E-state index in [0.29, 0.717) is 13.0 Å². The smallest absolute Gasteiger partial charge is 0.221 e. The molecule has 3 heteroatoms. The van der Waals surface area contributed by atoms with E-state index >= 15 is 0 Å². The average molecular weight is 176 g/mol. The standard InChI is InChI=1S/C10H12N2O/c1-10(6-9(13)12-7-10)8-4-2-3-5-11-8/h2-5H,6-7H2,1H3,(H,12,13). The second-order valence-electron chi connectivity index (χ2n) is 3.73. The number of carbonyl (C=O) groups is 1. The minimum absolute atomic E-state index is 0.113. The van der Waals surface area contributed by atoms with Gasteiger partial charge < -0.3 is 5.32 Å². The summed E-state index contributed by atoms with van der Waals surface area (Å²) in [5.74, 6) is 0.119. The molecule has 0 saturated carbocycles. The lowest BCUT2D eigenvalue weighted by atomic mass is 9.85. The van der Waals surface area contributed by atoms with Crippen LogP contribution in [0.2, 0.25) is 0 Å². The Labute approximate surface area is 77.2 Å². The Hall–Kier alpha value is -1.38. The molecule has 0 aromatic carbocycles. The first kappa shape index (κ1) is 8.23. The summed E-state index contributed by atoms with van der Waals surface area (Å²) < 4.78 is 0. The molecule has 1 aromatic heterocycles. The van der Waals surface area contributed by atoms with Crippen molar-refractivity contribution < 1.29 is 4.79 Å². The van der Waals surface area contributed by atoms with Crippen LogP contribution in [0.5, 0.6) is 0 Å². The van der Waals surface area contributed by atoms with Gasteiger partial charge in [0.05, 0.1) is 0 Å². The zero-order chi connectivity index (χ0) is 9.31. The lowest BCUT2D eigenvalue weighted by Crippen LogP contribution is -2.25. The van der Waals surface area contributed by atoms with Crippen LogP contribution in [0, 0.1) is 0 Å². The highest BCUT2D eigenvalue weighted by Crippen LogP contribution is 2.28. The second-order valence-corrected chi connectivity index (χ2v) is 3.73. The zero-order valence-corrected chi connectivity index (χ0v) is 7.58. The summed E-state index contributed by atoms with van der Waals surface area (Å²) in [5, 5.41) is 2.83. The van der Waals surface area contributed by atoms with Gasteiger partial charge in [0.1, 0.15) is 0 Å². The molecule has 1 aromatic rings. The number of aromatic nitrogens is 1. The third-order valence-corrected chi connectivity index (χ3v) is 2.51. The lowest BCUT2D eigenvalue weighted by Gasteiger charge is -2.19. The normalized spacial score (nSPS) is 27.3. The summed E-state index contributed by atoms with van der Waals surface area (Å²) >= 11 is 0. The number of nitrogens with one attached hydrogen (secondary N) is 1. The van der Waals surface area contributed by atoms with Crippen molar-refractivity contribution in [3.05, 3.63) is 30.1 Å². The summed E-state index contributed by atoms with van der Waals surface area (Å²) in [6, 6.07) is 5.81. The summed E-state index contributed by atoms with van der Waals surface area (Å²) in [4.78, 5) is 15.4. The Kier molecular flexibility index (Phi) is 1.79. The van der Waals surface area contributed by atoms with Crippen molar-refractivity contribution >= 4 is 5.91 Å².